The highest BCUT2D eigenvalue weighted by atomic mass is 79.9. The van der Waals surface area contributed by atoms with Crippen molar-refractivity contribution in [2.75, 3.05) is 6.61 Å². The van der Waals surface area contributed by atoms with Gasteiger partial charge in [-0.2, -0.15) is 0 Å². The van der Waals surface area contributed by atoms with E-state index in [-0.39, 0.29) is 13.2 Å². The summed E-state index contributed by atoms with van der Waals surface area (Å²) in [5.74, 6) is -1.60. The first-order valence-corrected chi connectivity index (χ1v) is 9.62. The highest BCUT2D eigenvalue weighted by Gasteiger charge is 2.50. The van der Waals surface area contributed by atoms with Crippen molar-refractivity contribution in [1.29, 1.82) is 0 Å². The minimum Gasteiger partial charge on any atom is -0.463 e. The number of alkyl halides is 1. The number of carbonyl (C=O) groups is 3. The monoisotopic (exact) mass is 458 g/mol. The van der Waals surface area contributed by atoms with Crippen LogP contribution in [0.25, 0.3) is 0 Å². The van der Waals surface area contributed by atoms with Crippen LogP contribution in [0.2, 0.25) is 0 Å². The maximum absolute atomic E-state index is 11.7. The summed E-state index contributed by atoms with van der Waals surface area (Å²) in [7, 11) is 0. The zero-order valence-corrected chi connectivity index (χ0v) is 17.4. The second-order valence-corrected chi connectivity index (χ2v) is 7.14. The molecule has 2 rings (SSSR count). The van der Waals surface area contributed by atoms with Crippen LogP contribution in [0.15, 0.2) is 30.3 Å². The van der Waals surface area contributed by atoms with E-state index >= 15 is 0 Å². The van der Waals surface area contributed by atoms with Gasteiger partial charge in [-0.3, -0.25) is 14.4 Å². The van der Waals surface area contributed by atoms with Crippen molar-refractivity contribution in [2.24, 2.45) is 0 Å². The Hall–Kier alpha value is -1.97. The van der Waals surface area contributed by atoms with Gasteiger partial charge in [-0.15, -0.1) is 0 Å². The molecule has 1 aliphatic heterocycles. The molecule has 9 heteroatoms. The quantitative estimate of drug-likeness (QED) is 0.348. The van der Waals surface area contributed by atoms with Crippen LogP contribution in [0.5, 0.6) is 0 Å². The van der Waals surface area contributed by atoms with Crippen LogP contribution in [-0.2, 0) is 44.7 Å². The first-order chi connectivity index (χ1) is 13.3. The standard InChI is InChI=1S/C19H23BrO8/c1-11(21)24-10-15-16(26-12(2)22)17(18(19(20)28-15)27-13(3)23)25-9-14-7-5-4-6-8-14/h4-8,15-19H,9-10H2,1-3H3/t15-,16-,17+,18-,19?/m1/s1. The number of hydrogen-bond donors (Lipinski definition) is 0. The van der Waals surface area contributed by atoms with Crippen molar-refractivity contribution < 1.29 is 38.1 Å². The van der Waals surface area contributed by atoms with Crippen molar-refractivity contribution in [3.05, 3.63) is 35.9 Å². The molecule has 1 unspecified atom stereocenters. The lowest BCUT2D eigenvalue weighted by Crippen LogP contribution is -2.60. The number of esters is 3. The van der Waals surface area contributed by atoms with Gasteiger partial charge in [0.15, 0.2) is 17.2 Å². The zero-order valence-electron chi connectivity index (χ0n) is 15.8. The SMILES string of the molecule is CC(=O)OC[C@H]1OC(Br)[C@H](OC(C)=O)[C@@H](OCc2ccccc2)[C@@H]1OC(C)=O. The van der Waals surface area contributed by atoms with Gasteiger partial charge in [-0.1, -0.05) is 46.3 Å². The van der Waals surface area contributed by atoms with E-state index in [0.29, 0.717) is 0 Å². The molecule has 0 amide bonds. The fourth-order valence-corrected chi connectivity index (χ4v) is 3.49. The minimum absolute atomic E-state index is 0.145. The van der Waals surface area contributed by atoms with Gasteiger partial charge in [0.25, 0.3) is 0 Å². The summed E-state index contributed by atoms with van der Waals surface area (Å²) in [5.41, 5.74) is 0.889. The maximum Gasteiger partial charge on any atom is 0.303 e. The second kappa shape index (κ2) is 10.5. The van der Waals surface area contributed by atoms with Gasteiger partial charge < -0.3 is 23.7 Å². The van der Waals surface area contributed by atoms with Gasteiger partial charge in [0.2, 0.25) is 0 Å². The lowest BCUT2D eigenvalue weighted by molar-refractivity contribution is -0.240. The van der Waals surface area contributed by atoms with Crippen molar-refractivity contribution >= 4 is 33.8 Å². The Morgan fingerprint density at radius 3 is 2.11 bits per heavy atom. The highest BCUT2D eigenvalue weighted by molar-refractivity contribution is 9.09. The first kappa shape index (κ1) is 22.3. The van der Waals surface area contributed by atoms with E-state index in [1.165, 1.54) is 20.8 Å². The van der Waals surface area contributed by atoms with Crippen LogP contribution in [0.1, 0.15) is 26.3 Å². The molecule has 0 aliphatic carbocycles. The van der Waals surface area contributed by atoms with Crippen LogP contribution in [0, 0.1) is 0 Å². The van der Waals surface area contributed by atoms with Crippen molar-refractivity contribution in [1.82, 2.24) is 0 Å². The Labute approximate surface area is 171 Å². The molecule has 5 atom stereocenters. The van der Waals surface area contributed by atoms with E-state index < -0.39 is 47.3 Å². The predicted molar refractivity (Wildman–Crippen MR) is 100 cm³/mol. The Balaban J connectivity index is 2.26. The van der Waals surface area contributed by atoms with Crippen molar-refractivity contribution in [3.63, 3.8) is 0 Å². The summed E-state index contributed by atoms with van der Waals surface area (Å²) in [6.45, 7) is 3.83. The Bertz CT molecular complexity index is 680. The summed E-state index contributed by atoms with van der Waals surface area (Å²) in [5, 5.41) is -0.746. The number of ether oxygens (including phenoxy) is 5. The molecule has 0 saturated carbocycles. The molecule has 1 aromatic rings. The molecular weight excluding hydrogens is 436 g/mol. The summed E-state index contributed by atoms with van der Waals surface area (Å²) >= 11 is 3.33. The minimum atomic E-state index is -0.946. The molecule has 1 saturated heterocycles. The third kappa shape index (κ3) is 6.57. The zero-order chi connectivity index (χ0) is 20.7. The molecule has 154 valence electrons. The number of rotatable bonds is 7. The molecule has 0 radical (unpaired) electrons. The van der Waals surface area contributed by atoms with Gasteiger partial charge in [0.1, 0.15) is 18.8 Å². The van der Waals surface area contributed by atoms with E-state index in [2.05, 4.69) is 15.9 Å². The van der Waals surface area contributed by atoms with Crippen LogP contribution >= 0.6 is 15.9 Å². The second-order valence-electron chi connectivity index (χ2n) is 6.24. The van der Waals surface area contributed by atoms with Crippen LogP contribution in [-0.4, -0.2) is 53.9 Å². The predicted octanol–water partition coefficient (Wildman–Crippen LogP) is 2.12. The smallest absolute Gasteiger partial charge is 0.303 e. The van der Waals surface area contributed by atoms with Crippen molar-refractivity contribution in [2.45, 2.75) is 56.8 Å². The van der Waals surface area contributed by atoms with E-state index in [4.69, 9.17) is 23.7 Å². The topological polar surface area (TPSA) is 97.4 Å². The van der Waals surface area contributed by atoms with E-state index in [1.807, 2.05) is 30.3 Å². The van der Waals surface area contributed by atoms with E-state index in [9.17, 15) is 14.4 Å². The molecule has 1 fully saturated rings. The number of halogens is 1. The Morgan fingerprint density at radius 2 is 1.54 bits per heavy atom. The van der Waals surface area contributed by atoms with Crippen LogP contribution < -0.4 is 0 Å². The fourth-order valence-electron chi connectivity index (χ4n) is 2.81. The third-order valence-corrected chi connectivity index (χ3v) is 4.65. The average Bonchev–Trinajstić information content (AvgIpc) is 2.62. The molecule has 1 heterocycles. The average molecular weight is 459 g/mol. The van der Waals surface area contributed by atoms with Gasteiger partial charge >= 0.3 is 17.9 Å². The number of benzene rings is 1. The first-order valence-electron chi connectivity index (χ1n) is 8.70. The maximum atomic E-state index is 11.7. The van der Waals surface area contributed by atoms with Gasteiger partial charge in [0.05, 0.1) is 6.61 Å². The Morgan fingerprint density at radius 1 is 0.929 bits per heavy atom. The largest absolute Gasteiger partial charge is 0.463 e. The van der Waals surface area contributed by atoms with Gasteiger partial charge in [0, 0.05) is 20.8 Å². The molecule has 28 heavy (non-hydrogen) atoms. The molecule has 0 spiro atoms. The molecule has 0 aromatic heterocycles. The highest BCUT2D eigenvalue weighted by Crippen LogP contribution is 2.32. The lowest BCUT2D eigenvalue weighted by atomic mass is 9.99. The third-order valence-electron chi connectivity index (χ3n) is 3.92. The van der Waals surface area contributed by atoms with E-state index in [1.54, 1.807) is 0 Å². The normalized spacial score (nSPS) is 26.9. The summed E-state index contributed by atoms with van der Waals surface area (Å²) in [4.78, 5) is 34.4. The molecule has 1 aromatic carbocycles. The number of hydrogen-bond acceptors (Lipinski definition) is 8. The van der Waals surface area contributed by atoms with Gasteiger partial charge in [-0.05, 0) is 5.56 Å². The molecule has 8 nitrogen and oxygen atoms in total. The van der Waals surface area contributed by atoms with Crippen LogP contribution in [0.3, 0.4) is 0 Å². The summed E-state index contributed by atoms with van der Waals surface area (Å²) in [6.07, 6.45) is -3.46. The number of carbonyl (C=O) groups excluding carboxylic acids is 3. The van der Waals surface area contributed by atoms with Crippen molar-refractivity contribution in [3.8, 4) is 0 Å². The Kier molecular flexibility index (Phi) is 8.40. The van der Waals surface area contributed by atoms with Gasteiger partial charge in [-0.25, -0.2) is 0 Å². The summed E-state index contributed by atoms with van der Waals surface area (Å²) < 4.78 is 27.5. The molecule has 0 bridgehead atoms. The van der Waals surface area contributed by atoms with E-state index in [0.717, 1.165) is 5.56 Å². The molecule has 1 aliphatic rings. The summed E-state index contributed by atoms with van der Waals surface area (Å²) in [6, 6.07) is 9.37. The van der Waals surface area contributed by atoms with Crippen LogP contribution in [0.4, 0.5) is 0 Å². The molecule has 0 N–H and O–H groups in total. The lowest BCUT2D eigenvalue weighted by Gasteiger charge is -2.43. The molecular formula is C19H23BrO8. The fraction of sp³-hybridized carbons (Fsp3) is 0.526.